The lowest BCUT2D eigenvalue weighted by molar-refractivity contribution is 0.672. The quantitative estimate of drug-likeness (QED) is 0.918. The molecule has 2 unspecified atom stereocenters. The van der Waals surface area contributed by atoms with Gasteiger partial charge in [0.2, 0.25) is 0 Å². The van der Waals surface area contributed by atoms with Crippen LogP contribution in [0.3, 0.4) is 0 Å². The average molecular weight is 287 g/mol. The van der Waals surface area contributed by atoms with Crippen LogP contribution in [0.1, 0.15) is 22.6 Å². The first kappa shape index (κ1) is 14.9. The number of benzene rings is 2. The minimum atomic E-state index is -1.01. The molecule has 0 aromatic heterocycles. The molecular weight excluding hydrogens is 266 g/mol. The van der Waals surface area contributed by atoms with Crippen LogP contribution in [0.2, 0.25) is 0 Å². The van der Waals surface area contributed by atoms with Gasteiger partial charge < -0.3 is 5.73 Å². The normalized spacial score (nSPS) is 13.9. The Kier molecular flexibility index (Phi) is 5.10. The van der Waals surface area contributed by atoms with Crippen LogP contribution in [0.15, 0.2) is 53.4 Å². The van der Waals surface area contributed by atoms with Crippen LogP contribution in [0.4, 0.5) is 0 Å². The van der Waals surface area contributed by atoms with E-state index in [1.54, 1.807) is 0 Å². The van der Waals surface area contributed by atoms with Crippen molar-refractivity contribution in [2.45, 2.75) is 24.7 Å². The standard InChI is InChI=1S/C17H21NOS/c1-13-8-9-17(10-14(13)2)20(19)12-16(11-18)15-6-4-3-5-7-15/h3-10,16H,11-12,18H2,1-2H3. The summed E-state index contributed by atoms with van der Waals surface area (Å²) in [5, 5.41) is 0. The molecule has 20 heavy (non-hydrogen) atoms. The third kappa shape index (κ3) is 3.56. The van der Waals surface area contributed by atoms with Gasteiger partial charge in [-0.15, -0.1) is 0 Å². The topological polar surface area (TPSA) is 43.1 Å². The molecule has 3 heteroatoms. The molecule has 2 rings (SSSR count). The Labute approximate surface area is 123 Å². The molecule has 2 aromatic rings. The minimum Gasteiger partial charge on any atom is -0.330 e. The maximum Gasteiger partial charge on any atom is 0.0536 e. The van der Waals surface area contributed by atoms with E-state index in [-0.39, 0.29) is 5.92 Å². The van der Waals surface area contributed by atoms with Gasteiger partial charge in [-0.05, 0) is 42.7 Å². The molecule has 0 spiro atoms. The molecule has 2 atom stereocenters. The highest BCUT2D eigenvalue weighted by molar-refractivity contribution is 7.85. The Balaban J connectivity index is 2.15. The van der Waals surface area contributed by atoms with E-state index >= 15 is 0 Å². The summed E-state index contributed by atoms with van der Waals surface area (Å²) in [6.45, 7) is 4.63. The highest BCUT2D eigenvalue weighted by atomic mass is 32.2. The zero-order valence-corrected chi connectivity index (χ0v) is 12.8. The Morgan fingerprint density at radius 1 is 1.05 bits per heavy atom. The van der Waals surface area contributed by atoms with Crippen molar-refractivity contribution in [3.63, 3.8) is 0 Å². The van der Waals surface area contributed by atoms with E-state index in [4.69, 9.17) is 5.73 Å². The lowest BCUT2D eigenvalue weighted by atomic mass is 10.0. The van der Waals surface area contributed by atoms with E-state index in [9.17, 15) is 4.21 Å². The molecule has 0 amide bonds. The molecule has 0 aliphatic carbocycles. The SMILES string of the molecule is Cc1ccc(S(=O)CC(CN)c2ccccc2)cc1C. The molecule has 0 bridgehead atoms. The van der Waals surface area contributed by atoms with Gasteiger partial charge >= 0.3 is 0 Å². The number of hydrogen-bond donors (Lipinski definition) is 1. The summed E-state index contributed by atoms with van der Waals surface area (Å²) in [5.41, 5.74) is 9.42. The van der Waals surface area contributed by atoms with Crippen LogP contribution in [-0.2, 0) is 10.8 Å². The largest absolute Gasteiger partial charge is 0.330 e. The molecule has 2 aromatic carbocycles. The lowest BCUT2D eigenvalue weighted by Gasteiger charge is -2.15. The molecular formula is C17H21NOS. The van der Waals surface area contributed by atoms with Gasteiger partial charge in [-0.3, -0.25) is 4.21 Å². The van der Waals surface area contributed by atoms with Crippen molar-refractivity contribution in [3.8, 4) is 0 Å². The van der Waals surface area contributed by atoms with Crippen LogP contribution in [-0.4, -0.2) is 16.5 Å². The monoisotopic (exact) mass is 287 g/mol. The van der Waals surface area contributed by atoms with E-state index in [0.29, 0.717) is 12.3 Å². The second-order valence-corrected chi connectivity index (χ2v) is 6.60. The maximum absolute atomic E-state index is 12.5. The Morgan fingerprint density at radius 3 is 2.35 bits per heavy atom. The van der Waals surface area contributed by atoms with Crippen LogP contribution in [0, 0.1) is 13.8 Å². The second kappa shape index (κ2) is 6.82. The van der Waals surface area contributed by atoms with Crippen LogP contribution >= 0.6 is 0 Å². The third-order valence-electron chi connectivity index (χ3n) is 3.65. The van der Waals surface area contributed by atoms with Gasteiger partial charge in [0.15, 0.2) is 0 Å². The van der Waals surface area contributed by atoms with Crippen molar-refractivity contribution in [2.75, 3.05) is 12.3 Å². The molecule has 0 radical (unpaired) electrons. The Hall–Kier alpha value is -1.45. The van der Waals surface area contributed by atoms with Crippen LogP contribution in [0.25, 0.3) is 0 Å². The lowest BCUT2D eigenvalue weighted by Crippen LogP contribution is -2.19. The van der Waals surface area contributed by atoms with E-state index in [1.165, 1.54) is 11.1 Å². The number of rotatable bonds is 5. The molecule has 0 fully saturated rings. The molecule has 0 aliphatic rings. The molecule has 2 N–H and O–H groups in total. The van der Waals surface area contributed by atoms with Gasteiger partial charge in [0, 0.05) is 23.1 Å². The highest BCUT2D eigenvalue weighted by Gasteiger charge is 2.15. The van der Waals surface area contributed by atoms with E-state index in [0.717, 1.165) is 10.5 Å². The van der Waals surface area contributed by atoms with E-state index in [2.05, 4.69) is 19.1 Å². The van der Waals surface area contributed by atoms with Crippen LogP contribution < -0.4 is 5.73 Å². The predicted octanol–water partition coefficient (Wildman–Crippen LogP) is 3.15. The summed E-state index contributed by atoms with van der Waals surface area (Å²) in [4.78, 5) is 0.891. The van der Waals surface area contributed by atoms with Gasteiger partial charge in [-0.25, -0.2) is 0 Å². The molecule has 0 saturated carbocycles. The van der Waals surface area contributed by atoms with Crippen molar-refractivity contribution in [1.29, 1.82) is 0 Å². The summed E-state index contributed by atoms with van der Waals surface area (Å²) in [7, 11) is -1.01. The van der Waals surface area contributed by atoms with Crippen molar-refractivity contribution >= 4 is 10.8 Å². The fourth-order valence-corrected chi connectivity index (χ4v) is 3.57. The van der Waals surface area contributed by atoms with E-state index < -0.39 is 10.8 Å². The maximum atomic E-state index is 12.5. The third-order valence-corrected chi connectivity index (χ3v) is 5.13. The first-order chi connectivity index (χ1) is 9.61. The van der Waals surface area contributed by atoms with Crippen LogP contribution in [0.5, 0.6) is 0 Å². The molecule has 0 saturated heterocycles. The number of aryl methyl sites for hydroxylation is 2. The summed E-state index contributed by atoms with van der Waals surface area (Å²) < 4.78 is 12.5. The Morgan fingerprint density at radius 2 is 1.75 bits per heavy atom. The van der Waals surface area contributed by atoms with Crippen molar-refractivity contribution < 1.29 is 4.21 Å². The first-order valence-electron chi connectivity index (χ1n) is 6.82. The molecule has 0 heterocycles. The van der Waals surface area contributed by atoms with Gasteiger partial charge in [0.1, 0.15) is 0 Å². The fraction of sp³-hybridized carbons (Fsp3) is 0.294. The van der Waals surface area contributed by atoms with Gasteiger partial charge in [0.25, 0.3) is 0 Å². The number of hydrogen-bond acceptors (Lipinski definition) is 2. The second-order valence-electron chi connectivity index (χ2n) is 5.10. The smallest absolute Gasteiger partial charge is 0.0536 e. The fourth-order valence-electron chi connectivity index (χ4n) is 2.16. The summed E-state index contributed by atoms with van der Waals surface area (Å²) >= 11 is 0. The zero-order valence-electron chi connectivity index (χ0n) is 12.0. The first-order valence-corrected chi connectivity index (χ1v) is 8.14. The summed E-state index contributed by atoms with van der Waals surface area (Å²) in [6, 6.07) is 16.1. The molecule has 106 valence electrons. The summed E-state index contributed by atoms with van der Waals surface area (Å²) in [5.74, 6) is 0.710. The minimum absolute atomic E-state index is 0.138. The molecule has 2 nitrogen and oxygen atoms in total. The highest BCUT2D eigenvalue weighted by Crippen LogP contribution is 2.20. The summed E-state index contributed by atoms with van der Waals surface area (Å²) in [6.07, 6.45) is 0. The van der Waals surface area contributed by atoms with Crippen molar-refractivity contribution in [1.82, 2.24) is 0 Å². The van der Waals surface area contributed by atoms with E-state index in [1.807, 2.05) is 43.3 Å². The molecule has 0 aliphatic heterocycles. The van der Waals surface area contributed by atoms with Crippen molar-refractivity contribution in [3.05, 3.63) is 65.2 Å². The van der Waals surface area contributed by atoms with Crippen molar-refractivity contribution in [2.24, 2.45) is 5.73 Å². The van der Waals surface area contributed by atoms with Gasteiger partial charge in [-0.2, -0.15) is 0 Å². The van der Waals surface area contributed by atoms with Gasteiger partial charge in [0.05, 0.1) is 10.8 Å². The zero-order chi connectivity index (χ0) is 14.5. The Bertz CT molecular complexity index is 595. The van der Waals surface area contributed by atoms with Gasteiger partial charge in [-0.1, -0.05) is 36.4 Å². The average Bonchev–Trinajstić information content (AvgIpc) is 2.48. The predicted molar refractivity (Wildman–Crippen MR) is 85.4 cm³/mol. The number of nitrogens with two attached hydrogens (primary N) is 1.